The Labute approximate surface area is 123 Å². The standard InChI is InChI=1S/C14H19ClN2O3/c1-2-3-4-17(5-6-18)12-8-11-9(7-10(12)15)13(19)14(20)16-11/h7-8,13,18-19H,2-6H2,1H3,(H,16,20). The van der Waals surface area contributed by atoms with E-state index in [1.54, 1.807) is 12.1 Å². The van der Waals surface area contributed by atoms with Gasteiger partial charge in [-0.15, -0.1) is 0 Å². The number of halogens is 1. The van der Waals surface area contributed by atoms with E-state index in [2.05, 4.69) is 12.2 Å². The van der Waals surface area contributed by atoms with Crippen molar-refractivity contribution in [3.05, 3.63) is 22.7 Å². The zero-order valence-corrected chi connectivity index (χ0v) is 12.2. The van der Waals surface area contributed by atoms with Crippen molar-refractivity contribution in [2.75, 3.05) is 29.9 Å². The molecule has 2 rings (SSSR count). The maximum Gasteiger partial charge on any atom is 0.257 e. The van der Waals surface area contributed by atoms with Gasteiger partial charge in [0.2, 0.25) is 0 Å². The molecule has 0 aliphatic carbocycles. The van der Waals surface area contributed by atoms with Crippen molar-refractivity contribution in [3.63, 3.8) is 0 Å². The number of nitrogens with one attached hydrogen (secondary N) is 1. The van der Waals surface area contributed by atoms with Crippen molar-refractivity contribution in [1.82, 2.24) is 0 Å². The van der Waals surface area contributed by atoms with E-state index in [1.165, 1.54) is 0 Å². The zero-order valence-electron chi connectivity index (χ0n) is 11.4. The van der Waals surface area contributed by atoms with Gasteiger partial charge in [-0.2, -0.15) is 0 Å². The molecule has 1 aliphatic rings. The van der Waals surface area contributed by atoms with Crippen LogP contribution in [-0.2, 0) is 4.79 Å². The average molecular weight is 299 g/mol. The third kappa shape index (κ3) is 2.90. The molecule has 0 saturated carbocycles. The fraction of sp³-hybridized carbons (Fsp3) is 0.500. The van der Waals surface area contributed by atoms with E-state index >= 15 is 0 Å². The molecule has 0 fully saturated rings. The summed E-state index contributed by atoms with van der Waals surface area (Å²) in [6, 6.07) is 3.38. The molecule has 0 bridgehead atoms. The normalized spacial score (nSPS) is 17.0. The highest BCUT2D eigenvalue weighted by Gasteiger charge is 2.30. The van der Waals surface area contributed by atoms with Gasteiger partial charge in [-0.1, -0.05) is 24.9 Å². The molecule has 1 amide bonds. The summed E-state index contributed by atoms with van der Waals surface area (Å²) in [7, 11) is 0. The molecule has 0 radical (unpaired) electrons. The van der Waals surface area contributed by atoms with Crippen molar-refractivity contribution >= 4 is 28.9 Å². The number of fused-ring (bicyclic) bond motifs is 1. The summed E-state index contributed by atoms with van der Waals surface area (Å²) >= 11 is 6.26. The first-order valence-corrected chi connectivity index (χ1v) is 7.14. The number of aliphatic hydroxyl groups is 2. The van der Waals surface area contributed by atoms with Gasteiger partial charge in [-0.3, -0.25) is 4.79 Å². The third-order valence-electron chi connectivity index (χ3n) is 3.41. The lowest BCUT2D eigenvalue weighted by Gasteiger charge is -2.25. The van der Waals surface area contributed by atoms with Crippen molar-refractivity contribution in [3.8, 4) is 0 Å². The van der Waals surface area contributed by atoms with E-state index in [-0.39, 0.29) is 6.61 Å². The summed E-state index contributed by atoms with van der Waals surface area (Å²) in [5, 5.41) is 22.0. The van der Waals surface area contributed by atoms with Crippen LogP contribution >= 0.6 is 11.6 Å². The van der Waals surface area contributed by atoms with Gasteiger partial charge in [0, 0.05) is 24.3 Å². The van der Waals surface area contributed by atoms with Gasteiger partial charge >= 0.3 is 0 Å². The van der Waals surface area contributed by atoms with Gasteiger partial charge in [-0.05, 0) is 18.6 Å². The Bertz CT molecular complexity index is 507. The van der Waals surface area contributed by atoms with Gasteiger partial charge in [0.25, 0.3) is 5.91 Å². The van der Waals surface area contributed by atoms with Crippen LogP contribution in [0.1, 0.15) is 31.4 Å². The molecule has 0 aromatic heterocycles. The maximum absolute atomic E-state index is 11.5. The number of nitrogens with zero attached hydrogens (tertiary/aromatic N) is 1. The molecule has 3 N–H and O–H groups in total. The predicted molar refractivity (Wildman–Crippen MR) is 79.2 cm³/mol. The van der Waals surface area contributed by atoms with E-state index in [4.69, 9.17) is 11.6 Å². The maximum atomic E-state index is 11.5. The lowest BCUT2D eigenvalue weighted by atomic mass is 10.1. The first kappa shape index (κ1) is 15.1. The number of benzene rings is 1. The van der Waals surface area contributed by atoms with Crippen LogP contribution in [0.15, 0.2) is 12.1 Å². The van der Waals surface area contributed by atoms with Gasteiger partial charge in [-0.25, -0.2) is 0 Å². The minimum Gasteiger partial charge on any atom is -0.395 e. The highest BCUT2D eigenvalue weighted by Crippen LogP contribution is 2.38. The number of anilines is 2. The number of unbranched alkanes of at least 4 members (excludes halogenated alkanes) is 1. The second-order valence-corrected chi connectivity index (χ2v) is 5.25. The van der Waals surface area contributed by atoms with Crippen LogP contribution in [0.5, 0.6) is 0 Å². The second kappa shape index (κ2) is 6.43. The van der Waals surface area contributed by atoms with Crippen LogP contribution in [0.25, 0.3) is 0 Å². The Morgan fingerprint density at radius 1 is 1.40 bits per heavy atom. The summed E-state index contributed by atoms with van der Waals surface area (Å²) < 4.78 is 0. The van der Waals surface area contributed by atoms with E-state index < -0.39 is 12.0 Å². The molecule has 20 heavy (non-hydrogen) atoms. The Hall–Kier alpha value is -1.30. The Morgan fingerprint density at radius 2 is 2.15 bits per heavy atom. The number of carbonyl (C=O) groups excluding carboxylic acids is 1. The minimum absolute atomic E-state index is 0.0338. The highest BCUT2D eigenvalue weighted by molar-refractivity contribution is 6.33. The largest absolute Gasteiger partial charge is 0.395 e. The van der Waals surface area contributed by atoms with Gasteiger partial charge in [0.05, 0.1) is 17.3 Å². The Balaban J connectivity index is 2.32. The van der Waals surface area contributed by atoms with Crippen LogP contribution < -0.4 is 10.2 Å². The molecule has 1 aromatic rings. The first-order valence-electron chi connectivity index (χ1n) is 6.76. The summed E-state index contributed by atoms with van der Waals surface area (Å²) in [5.74, 6) is -0.435. The van der Waals surface area contributed by atoms with E-state index in [0.717, 1.165) is 25.1 Å². The fourth-order valence-electron chi connectivity index (χ4n) is 2.32. The van der Waals surface area contributed by atoms with Crippen LogP contribution in [0, 0.1) is 0 Å². The molecule has 1 aliphatic heterocycles. The Kier molecular flexibility index (Phi) is 4.86. The molecule has 110 valence electrons. The summed E-state index contributed by atoms with van der Waals surface area (Å²) in [6.07, 6.45) is 0.876. The molecular formula is C14H19ClN2O3. The molecule has 1 aromatic carbocycles. The number of amides is 1. The summed E-state index contributed by atoms with van der Waals surface area (Å²) in [6.45, 7) is 3.39. The van der Waals surface area contributed by atoms with Crippen molar-refractivity contribution in [2.45, 2.75) is 25.9 Å². The molecule has 1 unspecified atom stereocenters. The van der Waals surface area contributed by atoms with Gasteiger partial charge in [0.1, 0.15) is 0 Å². The number of hydrogen-bond donors (Lipinski definition) is 3. The van der Waals surface area contributed by atoms with E-state index in [9.17, 15) is 15.0 Å². The summed E-state index contributed by atoms with van der Waals surface area (Å²) in [5.41, 5.74) is 1.85. The van der Waals surface area contributed by atoms with Crippen molar-refractivity contribution in [2.24, 2.45) is 0 Å². The molecule has 6 heteroatoms. The number of hydrogen-bond acceptors (Lipinski definition) is 4. The van der Waals surface area contributed by atoms with E-state index in [1.807, 2.05) is 4.90 Å². The smallest absolute Gasteiger partial charge is 0.257 e. The lowest BCUT2D eigenvalue weighted by molar-refractivity contribution is -0.123. The van der Waals surface area contributed by atoms with Crippen LogP contribution in [-0.4, -0.2) is 35.8 Å². The minimum atomic E-state index is -1.15. The van der Waals surface area contributed by atoms with Crippen LogP contribution in [0.3, 0.4) is 0 Å². The fourth-order valence-corrected chi connectivity index (χ4v) is 2.61. The Morgan fingerprint density at radius 3 is 2.80 bits per heavy atom. The number of rotatable bonds is 6. The quantitative estimate of drug-likeness (QED) is 0.750. The monoisotopic (exact) mass is 298 g/mol. The SMILES string of the molecule is CCCCN(CCO)c1cc2c(cc1Cl)C(O)C(=O)N2. The molecule has 1 heterocycles. The first-order chi connectivity index (χ1) is 9.58. The third-order valence-corrected chi connectivity index (χ3v) is 3.71. The number of carbonyl (C=O) groups is 1. The van der Waals surface area contributed by atoms with E-state index in [0.29, 0.717) is 22.8 Å². The van der Waals surface area contributed by atoms with Crippen LogP contribution in [0.4, 0.5) is 11.4 Å². The molecule has 1 atom stereocenters. The highest BCUT2D eigenvalue weighted by atomic mass is 35.5. The average Bonchev–Trinajstić information content (AvgIpc) is 2.70. The molecule has 0 saturated heterocycles. The molecule has 0 spiro atoms. The predicted octanol–water partition coefficient (Wildman–Crippen LogP) is 1.92. The van der Waals surface area contributed by atoms with Crippen molar-refractivity contribution in [1.29, 1.82) is 0 Å². The van der Waals surface area contributed by atoms with Gasteiger partial charge in [0.15, 0.2) is 6.10 Å². The number of aliphatic hydroxyl groups excluding tert-OH is 2. The molecule has 5 nitrogen and oxygen atoms in total. The van der Waals surface area contributed by atoms with Gasteiger partial charge < -0.3 is 20.4 Å². The zero-order chi connectivity index (χ0) is 14.7. The topological polar surface area (TPSA) is 72.8 Å². The second-order valence-electron chi connectivity index (χ2n) is 4.85. The molecular weight excluding hydrogens is 280 g/mol. The summed E-state index contributed by atoms with van der Waals surface area (Å²) in [4.78, 5) is 13.5. The van der Waals surface area contributed by atoms with Crippen LogP contribution in [0.2, 0.25) is 5.02 Å². The van der Waals surface area contributed by atoms with Crippen molar-refractivity contribution < 1.29 is 15.0 Å². The lowest BCUT2D eigenvalue weighted by Crippen LogP contribution is -2.28.